The second kappa shape index (κ2) is 6.46. The van der Waals surface area contributed by atoms with Gasteiger partial charge in [0.2, 0.25) is 5.91 Å². The van der Waals surface area contributed by atoms with Crippen molar-refractivity contribution in [3.05, 3.63) is 46.4 Å². The van der Waals surface area contributed by atoms with Gasteiger partial charge in [0.25, 0.3) is 0 Å². The number of hydrogen-bond donors (Lipinski definition) is 0. The summed E-state index contributed by atoms with van der Waals surface area (Å²) in [4.78, 5) is 38.6. The first-order valence-electron chi connectivity index (χ1n) is 7.05. The Balaban J connectivity index is 1.67. The fraction of sp³-hybridized carbons (Fsp3) is 0.312. The lowest BCUT2D eigenvalue weighted by Crippen LogP contribution is -2.41. The minimum Gasteiger partial charge on any atom is -0.378 e. The van der Waals surface area contributed by atoms with Crippen LogP contribution in [0.1, 0.15) is 20.7 Å². The van der Waals surface area contributed by atoms with E-state index in [-0.39, 0.29) is 23.2 Å². The molecule has 0 bridgehead atoms. The summed E-state index contributed by atoms with van der Waals surface area (Å²) in [5, 5.41) is 0. The van der Waals surface area contributed by atoms with Crippen molar-refractivity contribution < 1.29 is 19.1 Å². The van der Waals surface area contributed by atoms with E-state index in [2.05, 4.69) is 0 Å². The van der Waals surface area contributed by atoms with Crippen LogP contribution in [-0.2, 0) is 9.53 Å². The average molecular weight is 317 g/mol. The first-order valence-corrected chi connectivity index (χ1v) is 8.03. The van der Waals surface area contributed by atoms with E-state index in [0.29, 0.717) is 42.3 Å². The zero-order valence-electron chi connectivity index (χ0n) is 11.9. The highest BCUT2D eigenvalue weighted by Crippen LogP contribution is 2.28. The number of amides is 1. The van der Waals surface area contributed by atoms with E-state index in [1.54, 1.807) is 29.2 Å². The Morgan fingerprint density at radius 2 is 1.82 bits per heavy atom. The largest absolute Gasteiger partial charge is 0.378 e. The number of carbonyl (C=O) groups excluding carboxylic acids is 3. The van der Waals surface area contributed by atoms with Crippen molar-refractivity contribution in [2.45, 2.75) is 0 Å². The molecule has 5 nitrogen and oxygen atoms in total. The second-order valence-corrected chi connectivity index (χ2v) is 6.05. The number of fused-ring (bicyclic) bond motifs is 1. The zero-order chi connectivity index (χ0) is 15.5. The molecule has 0 saturated carbocycles. The summed E-state index contributed by atoms with van der Waals surface area (Å²) in [6.45, 7) is 2.25. The summed E-state index contributed by atoms with van der Waals surface area (Å²) in [5.74, 6) is -0.243. The minimum absolute atomic E-state index is 0.0340. The molecular formula is C16H15NO4S. The smallest absolute Gasteiger partial charge is 0.233 e. The summed E-state index contributed by atoms with van der Waals surface area (Å²) in [5.41, 5.74) is 0.840. The number of nitrogens with zero attached hydrogens (tertiary/aromatic N) is 1. The van der Waals surface area contributed by atoms with Crippen LogP contribution in [0.4, 0.5) is 0 Å². The third kappa shape index (κ3) is 2.98. The molecule has 1 amide bonds. The number of benzene rings is 1. The molecule has 1 saturated heterocycles. The Hall–Kier alpha value is -1.92. The Bertz CT molecular complexity index is 662. The van der Waals surface area contributed by atoms with Crippen molar-refractivity contribution in [3.8, 4) is 0 Å². The number of hydrogen-bond acceptors (Lipinski definition) is 5. The summed E-state index contributed by atoms with van der Waals surface area (Å²) in [6.07, 6.45) is 1.34. The van der Waals surface area contributed by atoms with Crippen molar-refractivity contribution in [2.24, 2.45) is 0 Å². The number of carbonyl (C=O) groups is 3. The van der Waals surface area contributed by atoms with Crippen molar-refractivity contribution in [3.63, 3.8) is 0 Å². The zero-order valence-corrected chi connectivity index (χ0v) is 12.7. The maximum absolute atomic E-state index is 12.4. The van der Waals surface area contributed by atoms with Gasteiger partial charge >= 0.3 is 0 Å². The van der Waals surface area contributed by atoms with E-state index < -0.39 is 0 Å². The number of thioether (sulfide) groups is 1. The van der Waals surface area contributed by atoms with Crippen LogP contribution in [0.2, 0.25) is 0 Å². The maximum Gasteiger partial charge on any atom is 0.233 e. The molecule has 22 heavy (non-hydrogen) atoms. The van der Waals surface area contributed by atoms with Gasteiger partial charge in [0.1, 0.15) is 0 Å². The molecule has 0 atom stereocenters. The number of morpholine rings is 1. The quantitative estimate of drug-likeness (QED) is 0.846. The molecule has 1 aliphatic heterocycles. The summed E-state index contributed by atoms with van der Waals surface area (Å²) in [6, 6.07) is 6.76. The van der Waals surface area contributed by atoms with Crippen LogP contribution in [0.25, 0.3) is 0 Å². The van der Waals surface area contributed by atoms with Crippen LogP contribution < -0.4 is 0 Å². The van der Waals surface area contributed by atoms with Gasteiger partial charge in [0.15, 0.2) is 11.6 Å². The van der Waals surface area contributed by atoms with Gasteiger partial charge in [-0.15, -0.1) is 11.8 Å². The average Bonchev–Trinajstić information content (AvgIpc) is 2.57. The molecule has 3 rings (SSSR count). The molecule has 1 heterocycles. The van der Waals surface area contributed by atoms with E-state index in [4.69, 9.17) is 4.74 Å². The SMILES string of the molecule is O=C1C=C(SCC(=O)N2CCOCC2)C(=O)c2ccccc21. The third-order valence-corrected chi connectivity index (χ3v) is 4.64. The normalized spacial score (nSPS) is 18.0. The van der Waals surface area contributed by atoms with Crippen LogP contribution in [0.15, 0.2) is 35.2 Å². The van der Waals surface area contributed by atoms with E-state index in [1.807, 2.05) is 0 Å². The van der Waals surface area contributed by atoms with Crippen molar-refractivity contribution in [1.82, 2.24) is 4.90 Å². The number of Topliss-reactive ketones (excluding diaryl/α,β-unsaturated/α-hetero) is 1. The molecule has 0 spiro atoms. The van der Waals surface area contributed by atoms with Crippen LogP contribution in [0, 0.1) is 0 Å². The first kappa shape index (κ1) is 15.0. The third-order valence-electron chi connectivity index (χ3n) is 3.64. The van der Waals surface area contributed by atoms with Crippen LogP contribution in [0.5, 0.6) is 0 Å². The van der Waals surface area contributed by atoms with Crippen molar-refractivity contribution in [1.29, 1.82) is 0 Å². The molecular weight excluding hydrogens is 302 g/mol. The molecule has 114 valence electrons. The molecule has 6 heteroatoms. The topological polar surface area (TPSA) is 63.7 Å². The number of ketones is 2. The molecule has 0 aromatic heterocycles. The highest BCUT2D eigenvalue weighted by atomic mass is 32.2. The van der Waals surface area contributed by atoms with Crippen molar-refractivity contribution in [2.75, 3.05) is 32.1 Å². The second-order valence-electron chi connectivity index (χ2n) is 5.03. The monoisotopic (exact) mass is 317 g/mol. The number of allylic oxidation sites excluding steroid dienone is 2. The molecule has 0 N–H and O–H groups in total. The maximum atomic E-state index is 12.4. The Labute approximate surface area is 132 Å². The van der Waals surface area contributed by atoms with Gasteiger partial charge in [0.05, 0.1) is 23.9 Å². The predicted octanol–water partition coefficient (Wildman–Crippen LogP) is 1.54. The van der Waals surface area contributed by atoms with Gasteiger partial charge in [0, 0.05) is 30.3 Å². The Morgan fingerprint density at radius 3 is 2.55 bits per heavy atom. The number of rotatable bonds is 3. The fourth-order valence-electron chi connectivity index (χ4n) is 2.44. The lowest BCUT2D eigenvalue weighted by Gasteiger charge is -2.26. The van der Waals surface area contributed by atoms with Crippen molar-refractivity contribution >= 4 is 29.2 Å². The lowest BCUT2D eigenvalue weighted by molar-refractivity contribution is -0.132. The molecule has 1 aromatic carbocycles. The van der Waals surface area contributed by atoms with Gasteiger partial charge in [-0.25, -0.2) is 0 Å². The molecule has 2 aliphatic rings. The van der Waals surface area contributed by atoms with Gasteiger partial charge in [-0.3, -0.25) is 14.4 Å². The highest BCUT2D eigenvalue weighted by molar-refractivity contribution is 8.04. The van der Waals surface area contributed by atoms with E-state index >= 15 is 0 Å². The summed E-state index contributed by atoms with van der Waals surface area (Å²) in [7, 11) is 0. The van der Waals surface area contributed by atoms with E-state index in [9.17, 15) is 14.4 Å². The molecule has 1 aliphatic carbocycles. The van der Waals surface area contributed by atoms with Crippen LogP contribution in [0.3, 0.4) is 0 Å². The summed E-state index contributed by atoms with van der Waals surface area (Å²) >= 11 is 1.13. The molecule has 1 fully saturated rings. The van der Waals surface area contributed by atoms with Crippen LogP contribution in [-0.4, -0.2) is 54.4 Å². The molecule has 0 unspecified atom stereocenters. The highest BCUT2D eigenvalue weighted by Gasteiger charge is 2.26. The van der Waals surface area contributed by atoms with Crippen LogP contribution >= 0.6 is 11.8 Å². The molecule has 1 aromatic rings. The Kier molecular flexibility index (Phi) is 4.40. The fourth-order valence-corrected chi connectivity index (χ4v) is 3.33. The number of ether oxygens (including phenoxy) is 1. The van der Waals surface area contributed by atoms with Gasteiger partial charge in [-0.2, -0.15) is 0 Å². The standard InChI is InChI=1S/C16H15NO4S/c18-13-9-14(16(20)12-4-2-1-3-11(12)13)22-10-15(19)17-5-7-21-8-6-17/h1-4,9H,5-8,10H2. The predicted molar refractivity (Wildman–Crippen MR) is 83.0 cm³/mol. The Morgan fingerprint density at radius 1 is 1.14 bits per heavy atom. The van der Waals surface area contributed by atoms with E-state index in [1.165, 1.54) is 6.08 Å². The van der Waals surface area contributed by atoms with Gasteiger partial charge in [-0.1, -0.05) is 24.3 Å². The minimum atomic E-state index is -0.185. The lowest BCUT2D eigenvalue weighted by atomic mass is 9.95. The summed E-state index contributed by atoms with van der Waals surface area (Å²) < 4.78 is 5.20. The first-order chi connectivity index (χ1) is 10.7. The van der Waals surface area contributed by atoms with Gasteiger partial charge < -0.3 is 9.64 Å². The van der Waals surface area contributed by atoms with E-state index in [0.717, 1.165) is 11.8 Å². The molecule has 0 radical (unpaired) electrons. The van der Waals surface area contributed by atoms with Gasteiger partial charge in [-0.05, 0) is 0 Å².